The number of pyridine rings is 1. The van der Waals surface area contributed by atoms with Crippen LogP contribution in [0.5, 0.6) is 0 Å². The fraction of sp³-hybridized carbons (Fsp3) is 0.500. The number of thioether (sulfide) groups is 1. The van der Waals surface area contributed by atoms with Gasteiger partial charge in [-0.3, -0.25) is 9.78 Å². The van der Waals surface area contributed by atoms with Gasteiger partial charge in [0.2, 0.25) is 5.91 Å². The quantitative estimate of drug-likeness (QED) is 0.790. The average Bonchev–Trinajstić information content (AvgIpc) is 2.58. The van der Waals surface area contributed by atoms with Crippen LogP contribution < -0.4 is 0 Å². The third-order valence-electron chi connectivity index (χ3n) is 2.79. The van der Waals surface area contributed by atoms with Crippen molar-refractivity contribution < 1.29 is 4.79 Å². The lowest BCUT2D eigenvalue weighted by molar-refractivity contribution is -0.129. The van der Waals surface area contributed by atoms with Crippen LogP contribution in [0.1, 0.15) is 24.8 Å². The first kappa shape index (κ1) is 11.5. The highest BCUT2D eigenvalue weighted by molar-refractivity contribution is 8.01. The van der Waals surface area contributed by atoms with Gasteiger partial charge in [-0.05, 0) is 12.0 Å². The third-order valence-corrected chi connectivity index (χ3v) is 4.68. The van der Waals surface area contributed by atoms with E-state index in [1.807, 2.05) is 30.3 Å². The summed E-state index contributed by atoms with van der Waals surface area (Å²) in [4.78, 5) is 17.9. The molecule has 0 aromatic carbocycles. The largest absolute Gasteiger partial charge is 0.329 e. The Morgan fingerprint density at radius 3 is 2.75 bits per heavy atom. The minimum atomic E-state index is 0.0789. The Morgan fingerprint density at radius 1 is 1.50 bits per heavy atom. The molecule has 0 spiro atoms. The predicted octanol–water partition coefficient (Wildman–Crippen LogP) is 2.31. The van der Waals surface area contributed by atoms with Crippen molar-refractivity contribution in [2.75, 3.05) is 7.05 Å². The number of carbonyl (C=O) groups is 1. The van der Waals surface area contributed by atoms with E-state index in [1.165, 1.54) is 0 Å². The van der Waals surface area contributed by atoms with Crippen LogP contribution in [0, 0.1) is 5.92 Å². The van der Waals surface area contributed by atoms with Crippen LogP contribution in [0.25, 0.3) is 0 Å². The zero-order valence-corrected chi connectivity index (χ0v) is 10.6. The van der Waals surface area contributed by atoms with Crippen molar-refractivity contribution in [1.82, 2.24) is 9.88 Å². The molecule has 2 atom stereocenters. The summed E-state index contributed by atoms with van der Waals surface area (Å²) in [6.07, 6.45) is 3.59. The second-order valence-electron chi connectivity index (χ2n) is 4.39. The van der Waals surface area contributed by atoms with Crippen LogP contribution in [0.2, 0.25) is 0 Å². The molecule has 86 valence electrons. The summed E-state index contributed by atoms with van der Waals surface area (Å²) >= 11 is 1.72. The molecule has 3 nitrogen and oxygen atoms in total. The number of amides is 1. The summed E-state index contributed by atoms with van der Waals surface area (Å²) < 4.78 is 0. The Morgan fingerprint density at radius 2 is 2.25 bits per heavy atom. The molecular weight excluding hydrogens is 220 g/mol. The first-order valence-electron chi connectivity index (χ1n) is 5.43. The van der Waals surface area contributed by atoms with E-state index in [4.69, 9.17) is 0 Å². The van der Waals surface area contributed by atoms with E-state index in [-0.39, 0.29) is 16.5 Å². The van der Waals surface area contributed by atoms with Crippen LogP contribution in [0.15, 0.2) is 24.5 Å². The van der Waals surface area contributed by atoms with E-state index < -0.39 is 0 Å². The lowest BCUT2D eigenvalue weighted by Crippen LogP contribution is -2.29. The normalized spacial score (nSPS) is 25.5. The number of aromatic nitrogens is 1. The average molecular weight is 236 g/mol. The second-order valence-corrected chi connectivity index (χ2v) is 5.62. The minimum absolute atomic E-state index is 0.0789. The molecule has 1 aliphatic rings. The van der Waals surface area contributed by atoms with E-state index in [2.05, 4.69) is 18.8 Å². The number of hydrogen-bond donors (Lipinski definition) is 0. The Hall–Kier alpha value is -1.03. The maximum absolute atomic E-state index is 12.0. The Kier molecular flexibility index (Phi) is 3.19. The van der Waals surface area contributed by atoms with E-state index in [9.17, 15) is 4.79 Å². The second kappa shape index (κ2) is 4.45. The Balaban J connectivity index is 2.23. The van der Waals surface area contributed by atoms with Gasteiger partial charge in [0.25, 0.3) is 0 Å². The van der Waals surface area contributed by atoms with Gasteiger partial charge in [0, 0.05) is 25.0 Å². The van der Waals surface area contributed by atoms with Gasteiger partial charge in [0.05, 0.1) is 5.25 Å². The molecule has 1 aliphatic heterocycles. The first-order valence-corrected chi connectivity index (χ1v) is 6.37. The minimum Gasteiger partial charge on any atom is -0.329 e. The van der Waals surface area contributed by atoms with Crippen molar-refractivity contribution in [3.05, 3.63) is 30.1 Å². The van der Waals surface area contributed by atoms with Crippen molar-refractivity contribution in [3.8, 4) is 0 Å². The number of nitrogens with zero attached hydrogens (tertiary/aromatic N) is 2. The van der Waals surface area contributed by atoms with Gasteiger partial charge in [-0.1, -0.05) is 19.9 Å². The van der Waals surface area contributed by atoms with Crippen molar-refractivity contribution in [2.45, 2.75) is 24.5 Å². The van der Waals surface area contributed by atoms with Gasteiger partial charge in [-0.15, -0.1) is 11.8 Å². The Labute approximate surface area is 100 Å². The van der Waals surface area contributed by atoms with Crippen LogP contribution in [-0.2, 0) is 4.79 Å². The van der Waals surface area contributed by atoms with Crippen LogP contribution in [-0.4, -0.2) is 28.1 Å². The maximum atomic E-state index is 12.0. The third kappa shape index (κ3) is 1.94. The lowest BCUT2D eigenvalue weighted by Gasteiger charge is -2.18. The summed E-state index contributed by atoms with van der Waals surface area (Å²) in [6, 6.07) is 3.94. The van der Waals surface area contributed by atoms with Gasteiger partial charge >= 0.3 is 0 Å². The van der Waals surface area contributed by atoms with Gasteiger partial charge in [0.15, 0.2) is 0 Å². The van der Waals surface area contributed by atoms with E-state index in [0.717, 1.165) is 5.56 Å². The molecular formula is C12H16N2OS. The molecule has 0 bridgehead atoms. The van der Waals surface area contributed by atoms with Crippen LogP contribution in [0.3, 0.4) is 0 Å². The molecule has 0 N–H and O–H groups in total. The number of rotatable bonds is 2. The summed E-state index contributed by atoms with van der Waals surface area (Å²) in [5.74, 6) is 0.607. The molecule has 16 heavy (non-hydrogen) atoms. The molecule has 0 aliphatic carbocycles. The molecule has 1 saturated heterocycles. The van der Waals surface area contributed by atoms with Crippen molar-refractivity contribution >= 4 is 17.7 Å². The fourth-order valence-electron chi connectivity index (χ4n) is 1.87. The Bertz CT molecular complexity index is 380. The molecule has 2 rings (SSSR count). The van der Waals surface area contributed by atoms with E-state index in [1.54, 1.807) is 18.0 Å². The number of hydrogen-bond acceptors (Lipinski definition) is 3. The summed E-state index contributed by atoms with van der Waals surface area (Å²) in [7, 11) is 1.87. The molecule has 4 heteroatoms. The van der Waals surface area contributed by atoms with Crippen molar-refractivity contribution in [3.63, 3.8) is 0 Å². The standard InChI is InChI=1S/C12H16N2OS/c1-8(2)10-11(15)14(3)12(16-10)9-5-4-6-13-7-9/h4-8,10,12H,1-3H3/t10-,12-/m1/s1. The molecule has 1 aromatic rings. The van der Waals surface area contributed by atoms with Crippen LogP contribution in [0.4, 0.5) is 0 Å². The zero-order valence-electron chi connectivity index (χ0n) is 9.75. The predicted molar refractivity (Wildman–Crippen MR) is 66.0 cm³/mol. The monoisotopic (exact) mass is 236 g/mol. The molecule has 1 fully saturated rings. The smallest absolute Gasteiger partial charge is 0.236 e. The highest BCUT2D eigenvalue weighted by atomic mass is 32.2. The summed E-state index contributed by atoms with van der Waals surface area (Å²) in [5.41, 5.74) is 1.10. The van der Waals surface area contributed by atoms with Gasteiger partial charge < -0.3 is 4.90 Å². The summed E-state index contributed by atoms with van der Waals surface area (Å²) in [6.45, 7) is 4.18. The molecule has 0 radical (unpaired) electrons. The van der Waals surface area contributed by atoms with Crippen molar-refractivity contribution in [1.29, 1.82) is 0 Å². The molecule has 1 amide bonds. The van der Waals surface area contributed by atoms with Gasteiger partial charge in [-0.25, -0.2) is 0 Å². The lowest BCUT2D eigenvalue weighted by atomic mass is 10.1. The maximum Gasteiger partial charge on any atom is 0.236 e. The van der Waals surface area contributed by atoms with Gasteiger partial charge in [-0.2, -0.15) is 0 Å². The van der Waals surface area contributed by atoms with Crippen molar-refractivity contribution in [2.24, 2.45) is 5.92 Å². The van der Waals surface area contributed by atoms with Crippen LogP contribution >= 0.6 is 11.8 Å². The SMILES string of the molecule is CC(C)[C@H]1S[C@H](c2cccnc2)N(C)C1=O. The summed E-state index contributed by atoms with van der Waals surface area (Å²) in [5, 5.41) is 0.198. The molecule has 0 saturated carbocycles. The fourth-order valence-corrected chi connectivity index (χ4v) is 3.33. The topological polar surface area (TPSA) is 33.2 Å². The van der Waals surface area contributed by atoms with Gasteiger partial charge in [0.1, 0.15) is 5.37 Å². The molecule has 2 heterocycles. The zero-order chi connectivity index (χ0) is 11.7. The molecule has 1 aromatic heterocycles. The highest BCUT2D eigenvalue weighted by Crippen LogP contribution is 2.44. The van der Waals surface area contributed by atoms with E-state index in [0.29, 0.717) is 5.92 Å². The first-order chi connectivity index (χ1) is 7.61. The highest BCUT2D eigenvalue weighted by Gasteiger charge is 2.40. The molecule has 0 unspecified atom stereocenters. The van der Waals surface area contributed by atoms with E-state index >= 15 is 0 Å². The number of carbonyl (C=O) groups excluding carboxylic acids is 1.